The van der Waals surface area contributed by atoms with Gasteiger partial charge in [0.2, 0.25) is 0 Å². The zero-order chi connectivity index (χ0) is 6.57. The van der Waals surface area contributed by atoms with Crippen LogP contribution < -0.4 is 5.73 Å². The van der Waals surface area contributed by atoms with E-state index in [0.717, 1.165) is 0 Å². The van der Waals surface area contributed by atoms with Crippen molar-refractivity contribution < 1.29 is 4.39 Å². The summed E-state index contributed by atoms with van der Waals surface area (Å²) in [6.45, 7) is 6.28. The summed E-state index contributed by atoms with van der Waals surface area (Å²) in [5, 5.41) is 0. The Morgan fingerprint density at radius 1 is 1.62 bits per heavy atom. The number of nitrogens with two attached hydrogens (primary N) is 1. The van der Waals surface area contributed by atoms with Crippen LogP contribution in [-0.2, 0) is 0 Å². The Kier molecular flexibility index (Phi) is 2.62. The van der Waals surface area contributed by atoms with Gasteiger partial charge in [-0.2, -0.15) is 0 Å². The lowest BCUT2D eigenvalue weighted by atomic mass is 10.4. The van der Waals surface area contributed by atoms with Crippen molar-refractivity contribution in [2.75, 3.05) is 0 Å². The summed E-state index contributed by atoms with van der Waals surface area (Å²) in [5.41, 5.74) is 5.07. The Morgan fingerprint density at radius 3 is 2.25 bits per heavy atom. The molecule has 8 heavy (non-hydrogen) atoms. The molecule has 0 aliphatic heterocycles. The first kappa shape index (κ1) is 6.95. The highest BCUT2D eigenvalue weighted by atomic mass is 19.1. The minimum atomic E-state index is -0.620. The maximum Gasteiger partial charge on any atom is 0.138 e. The van der Waals surface area contributed by atoms with Gasteiger partial charge in [0.15, 0.2) is 0 Å². The minimum Gasteiger partial charge on any atom is -0.396 e. The predicted molar refractivity (Wildman–Crippen MR) is 32.7 cm³/mol. The lowest BCUT2D eigenvalue weighted by molar-refractivity contribution is 0.653. The second-order valence-electron chi connectivity index (χ2n) is 1.26. The van der Waals surface area contributed by atoms with Gasteiger partial charge in [0.25, 0.3) is 0 Å². The van der Waals surface area contributed by atoms with Gasteiger partial charge in [-0.05, 0) is 6.08 Å². The van der Waals surface area contributed by atoms with E-state index < -0.39 is 5.83 Å². The zero-order valence-corrected chi connectivity index (χ0v) is 4.52. The molecule has 0 aliphatic rings. The van der Waals surface area contributed by atoms with Gasteiger partial charge in [-0.15, -0.1) is 0 Å². The Hall–Kier alpha value is -1.05. The zero-order valence-electron chi connectivity index (χ0n) is 4.52. The van der Waals surface area contributed by atoms with Gasteiger partial charge in [0.05, 0.1) is 5.70 Å². The first-order chi connectivity index (χ1) is 3.68. The van der Waals surface area contributed by atoms with Gasteiger partial charge in [-0.1, -0.05) is 19.2 Å². The van der Waals surface area contributed by atoms with Crippen LogP contribution in [0.2, 0.25) is 0 Å². The van der Waals surface area contributed by atoms with Crippen LogP contribution in [0.4, 0.5) is 4.39 Å². The summed E-state index contributed by atoms with van der Waals surface area (Å²) >= 11 is 0. The molecule has 0 bridgehead atoms. The molecule has 0 rings (SSSR count). The molecular weight excluding hydrogens is 105 g/mol. The molecule has 2 heteroatoms. The molecule has 0 saturated heterocycles. The Labute approximate surface area is 48.0 Å². The van der Waals surface area contributed by atoms with Crippen molar-refractivity contribution in [1.29, 1.82) is 0 Å². The fourth-order valence-electron chi connectivity index (χ4n) is 0.217. The normalized spacial score (nSPS) is 10.9. The predicted octanol–water partition coefficient (Wildman–Crippen LogP) is 1.50. The topological polar surface area (TPSA) is 26.0 Å². The van der Waals surface area contributed by atoms with Gasteiger partial charge in [-0.25, -0.2) is 4.39 Å². The van der Waals surface area contributed by atoms with E-state index in [1.807, 2.05) is 0 Å². The largest absolute Gasteiger partial charge is 0.396 e. The molecule has 1 nitrogen and oxygen atoms in total. The van der Waals surface area contributed by atoms with E-state index >= 15 is 0 Å². The fraction of sp³-hybridized carbons (Fsp3) is 0. The van der Waals surface area contributed by atoms with Gasteiger partial charge in [-0.3, -0.25) is 0 Å². The van der Waals surface area contributed by atoms with Crippen molar-refractivity contribution in [2.45, 2.75) is 0 Å². The maximum atomic E-state index is 11.8. The number of hydrogen-bond donors (Lipinski definition) is 1. The van der Waals surface area contributed by atoms with E-state index in [4.69, 9.17) is 5.73 Å². The van der Waals surface area contributed by atoms with Crippen LogP contribution in [0.15, 0.2) is 36.8 Å². The molecule has 0 saturated carbocycles. The minimum absolute atomic E-state index is 0.0278. The highest BCUT2D eigenvalue weighted by molar-refractivity contribution is 5.22. The van der Waals surface area contributed by atoms with Crippen molar-refractivity contribution in [3.05, 3.63) is 36.8 Å². The second-order valence-corrected chi connectivity index (χ2v) is 1.26. The average Bonchev–Trinajstić information content (AvgIpc) is 1.67. The lowest BCUT2D eigenvalue weighted by Gasteiger charge is -1.89. The van der Waals surface area contributed by atoms with Crippen molar-refractivity contribution in [3.8, 4) is 0 Å². The van der Waals surface area contributed by atoms with Crippen molar-refractivity contribution in [2.24, 2.45) is 5.73 Å². The summed E-state index contributed by atoms with van der Waals surface area (Å²) in [6, 6.07) is 0. The van der Waals surface area contributed by atoms with Crippen LogP contribution >= 0.6 is 0 Å². The van der Waals surface area contributed by atoms with Crippen molar-refractivity contribution in [3.63, 3.8) is 0 Å². The van der Waals surface area contributed by atoms with E-state index in [0.29, 0.717) is 0 Å². The molecule has 0 radical (unpaired) electrons. The van der Waals surface area contributed by atoms with Gasteiger partial charge in [0, 0.05) is 0 Å². The number of rotatable bonds is 2. The van der Waals surface area contributed by atoms with E-state index in [9.17, 15) is 4.39 Å². The SMILES string of the molecule is C=C/C=C(/N)C(=C)F. The van der Waals surface area contributed by atoms with Crippen LogP contribution in [0.5, 0.6) is 0 Å². The number of hydrogen-bond acceptors (Lipinski definition) is 1. The molecule has 44 valence electrons. The van der Waals surface area contributed by atoms with E-state index in [1.165, 1.54) is 12.2 Å². The third-order valence-electron chi connectivity index (χ3n) is 0.611. The quantitative estimate of drug-likeness (QED) is 0.539. The molecule has 0 spiro atoms. The Bertz CT molecular complexity index is 135. The summed E-state index contributed by atoms with van der Waals surface area (Å²) in [6.07, 6.45) is 2.75. The molecule has 0 aromatic rings. The standard InChI is InChI=1S/C6H8FN/c1-3-4-6(8)5(2)7/h3-4H,1-2,8H2/b6-4+. The number of halogens is 1. The third kappa shape index (κ3) is 2.18. The van der Waals surface area contributed by atoms with E-state index in [2.05, 4.69) is 13.2 Å². The molecule has 0 aromatic heterocycles. The summed E-state index contributed by atoms with van der Waals surface area (Å²) in [7, 11) is 0. The maximum absolute atomic E-state index is 11.8. The fourth-order valence-corrected chi connectivity index (χ4v) is 0.217. The first-order valence-corrected chi connectivity index (χ1v) is 2.11. The van der Waals surface area contributed by atoms with E-state index in [-0.39, 0.29) is 5.70 Å². The summed E-state index contributed by atoms with van der Waals surface area (Å²) < 4.78 is 11.8. The molecule has 0 amide bonds. The number of allylic oxidation sites excluding steroid dienone is 3. The van der Waals surface area contributed by atoms with Gasteiger partial charge < -0.3 is 5.73 Å². The van der Waals surface area contributed by atoms with Gasteiger partial charge >= 0.3 is 0 Å². The van der Waals surface area contributed by atoms with Crippen LogP contribution in [-0.4, -0.2) is 0 Å². The molecule has 0 aliphatic carbocycles. The highest BCUT2D eigenvalue weighted by Gasteiger charge is 1.88. The molecule has 0 heterocycles. The first-order valence-electron chi connectivity index (χ1n) is 2.11. The van der Waals surface area contributed by atoms with Crippen LogP contribution in [0, 0.1) is 0 Å². The Morgan fingerprint density at radius 2 is 2.12 bits per heavy atom. The molecule has 0 fully saturated rings. The lowest BCUT2D eigenvalue weighted by Crippen LogP contribution is -1.94. The van der Waals surface area contributed by atoms with Crippen molar-refractivity contribution >= 4 is 0 Å². The van der Waals surface area contributed by atoms with Crippen LogP contribution in [0.3, 0.4) is 0 Å². The summed E-state index contributed by atoms with van der Waals surface area (Å²) in [5.74, 6) is -0.620. The highest BCUT2D eigenvalue weighted by Crippen LogP contribution is 1.99. The monoisotopic (exact) mass is 113 g/mol. The second kappa shape index (κ2) is 3.02. The molecule has 0 atom stereocenters. The van der Waals surface area contributed by atoms with E-state index in [1.54, 1.807) is 0 Å². The third-order valence-corrected chi connectivity index (χ3v) is 0.611. The summed E-state index contributed by atoms with van der Waals surface area (Å²) in [4.78, 5) is 0. The molecular formula is C6H8FN. The van der Waals surface area contributed by atoms with Crippen LogP contribution in [0.1, 0.15) is 0 Å². The van der Waals surface area contributed by atoms with Gasteiger partial charge in [0.1, 0.15) is 5.83 Å². The Balaban J connectivity index is 3.99. The van der Waals surface area contributed by atoms with Crippen LogP contribution in [0.25, 0.3) is 0 Å². The molecule has 2 N–H and O–H groups in total. The van der Waals surface area contributed by atoms with Crippen molar-refractivity contribution in [1.82, 2.24) is 0 Å². The smallest absolute Gasteiger partial charge is 0.138 e. The molecule has 0 unspecified atom stereocenters. The average molecular weight is 113 g/mol. The molecule has 0 aromatic carbocycles.